The molecule has 0 bridgehead atoms. The Morgan fingerprint density at radius 1 is 1.28 bits per heavy atom. The first-order valence-electron chi connectivity index (χ1n) is 8.58. The average Bonchev–Trinajstić information content (AvgIpc) is 2.62. The van der Waals surface area contributed by atoms with Gasteiger partial charge in [0.1, 0.15) is 5.54 Å². The molecule has 0 saturated heterocycles. The SMILES string of the molecule is C[C@H](OC(=O)c1cccc(N(C)C)c1)C(=O)NC1(C#N)CCCCC1. The second-order valence-electron chi connectivity index (χ2n) is 6.74. The number of anilines is 1. The molecule has 0 aliphatic heterocycles. The van der Waals surface area contributed by atoms with Crippen LogP contribution in [0.5, 0.6) is 0 Å². The fourth-order valence-corrected chi connectivity index (χ4v) is 2.95. The number of esters is 1. The van der Waals surface area contributed by atoms with Gasteiger partial charge in [-0.1, -0.05) is 25.3 Å². The van der Waals surface area contributed by atoms with Crippen molar-refractivity contribution in [1.29, 1.82) is 5.26 Å². The van der Waals surface area contributed by atoms with E-state index in [4.69, 9.17) is 4.74 Å². The summed E-state index contributed by atoms with van der Waals surface area (Å²) in [6.07, 6.45) is 3.23. The van der Waals surface area contributed by atoms with Crippen molar-refractivity contribution in [3.05, 3.63) is 29.8 Å². The van der Waals surface area contributed by atoms with Crippen molar-refractivity contribution < 1.29 is 14.3 Å². The van der Waals surface area contributed by atoms with Crippen LogP contribution in [-0.4, -0.2) is 37.6 Å². The maximum absolute atomic E-state index is 12.4. The van der Waals surface area contributed by atoms with Gasteiger partial charge in [-0.3, -0.25) is 4.79 Å². The minimum Gasteiger partial charge on any atom is -0.449 e. The van der Waals surface area contributed by atoms with Crippen molar-refractivity contribution >= 4 is 17.6 Å². The Balaban J connectivity index is 1.99. The third kappa shape index (κ3) is 4.72. The van der Waals surface area contributed by atoms with Gasteiger partial charge < -0.3 is 15.0 Å². The maximum Gasteiger partial charge on any atom is 0.338 e. The van der Waals surface area contributed by atoms with Gasteiger partial charge in [-0.15, -0.1) is 0 Å². The van der Waals surface area contributed by atoms with E-state index in [1.54, 1.807) is 18.2 Å². The topological polar surface area (TPSA) is 82.4 Å². The van der Waals surface area contributed by atoms with Gasteiger partial charge in [-0.05, 0) is 38.0 Å². The Bertz CT molecular complexity index is 673. The summed E-state index contributed by atoms with van der Waals surface area (Å²) in [6.45, 7) is 1.52. The number of hydrogen-bond acceptors (Lipinski definition) is 5. The highest BCUT2D eigenvalue weighted by molar-refractivity contribution is 5.93. The molecule has 1 aromatic rings. The number of nitrogens with zero attached hydrogens (tertiary/aromatic N) is 2. The van der Waals surface area contributed by atoms with E-state index >= 15 is 0 Å². The van der Waals surface area contributed by atoms with Gasteiger partial charge in [0.05, 0.1) is 11.6 Å². The highest BCUT2D eigenvalue weighted by Gasteiger charge is 2.35. The van der Waals surface area contributed by atoms with Crippen LogP contribution < -0.4 is 10.2 Å². The molecule has 25 heavy (non-hydrogen) atoms. The van der Waals surface area contributed by atoms with Crippen molar-refractivity contribution in [2.24, 2.45) is 0 Å². The van der Waals surface area contributed by atoms with Crippen molar-refractivity contribution in [2.75, 3.05) is 19.0 Å². The van der Waals surface area contributed by atoms with Crippen molar-refractivity contribution in [3.8, 4) is 6.07 Å². The molecule has 1 fully saturated rings. The van der Waals surface area contributed by atoms with Crippen molar-refractivity contribution in [2.45, 2.75) is 50.7 Å². The predicted octanol–water partition coefficient (Wildman–Crippen LogP) is 2.64. The van der Waals surface area contributed by atoms with Crippen LogP contribution in [0, 0.1) is 11.3 Å². The summed E-state index contributed by atoms with van der Waals surface area (Å²) < 4.78 is 5.29. The summed E-state index contributed by atoms with van der Waals surface area (Å²) in [5.41, 5.74) is 0.427. The Kier molecular flexibility index (Phi) is 6.02. The number of amides is 1. The predicted molar refractivity (Wildman–Crippen MR) is 95.2 cm³/mol. The second-order valence-corrected chi connectivity index (χ2v) is 6.74. The van der Waals surface area contributed by atoms with Crippen LogP contribution in [0.4, 0.5) is 5.69 Å². The van der Waals surface area contributed by atoms with E-state index in [1.807, 2.05) is 25.1 Å². The zero-order valence-corrected chi connectivity index (χ0v) is 15.0. The minimum atomic E-state index is -0.956. The molecule has 1 atom stereocenters. The lowest BCUT2D eigenvalue weighted by Gasteiger charge is -2.32. The van der Waals surface area contributed by atoms with E-state index in [2.05, 4.69) is 11.4 Å². The van der Waals surface area contributed by atoms with Gasteiger partial charge in [0, 0.05) is 19.8 Å². The molecule has 0 radical (unpaired) electrons. The number of nitrogens with one attached hydrogen (secondary N) is 1. The van der Waals surface area contributed by atoms with Crippen molar-refractivity contribution in [3.63, 3.8) is 0 Å². The van der Waals surface area contributed by atoms with Gasteiger partial charge in [0.25, 0.3) is 5.91 Å². The number of nitriles is 1. The Labute approximate surface area is 148 Å². The number of benzene rings is 1. The first-order chi connectivity index (χ1) is 11.9. The van der Waals surface area contributed by atoms with E-state index in [-0.39, 0.29) is 0 Å². The zero-order chi connectivity index (χ0) is 18.4. The lowest BCUT2D eigenvalue weighted by atomic mass is 9.83. The lowest BCUT2D eigenvalue weighted by molar-refractivity contribution is -0.130. The molecule has 1 aliphatic carbocycles. The van der Waals surface area contributed by atoms with Crippen LogP contribution in [0.3, 0.4) is 0 Å². The van der Waals surface area contributed by atoms with E-state index in [0.717, 1.165) is 24.9 Å². The van der Waals surface area contributed by atoms with E-state index in [1.165, 1.54) is 6.92 Å². The Hall–Kier alpha value is -2.55. The fourth-order valence-electron chi connectivity index (χ4n) is 2.95. The summed E-state index contributed by atoms with van der Waals surface area (Å²) in [7, 11) is 3.76. The van der Waals surface area contributed by atoms with Crippen molar-refractivity contribution in [1.82, 2.24) is 5.32 Å². The first-order valence-corrected chi connectivity index (χ1v) is 8.58. The molecule has 134 valence electrons. The molecular formula is C19H25N3O3. The molecule has 0 spiro atoms. The largest absolute Gasteiger partial charge is 0.449 e. The molecule has 2 rings (SSSR count). The second kappa shape index (κ2) is 8.02. The standard InChI is InChI=1S/C19H25N3O3/c1-14(17(23)21-19(13-20)10-5-4-6-11-19)25-18(24)15-8-7-9-16(12-15)22(2)3/h7-9,12,14H,4-6,10-11H2,1-3H3,(H,21,23)/t14-/m0/s1. The summed E-state index contributed by atoms with van der Waals surface area (Å²) in [5.74, 6) is -0.985. The number of ether oxygens (including phenoxy) is 1. The monoisotopic (exact) mass is 343 g/mol. The van der Waals surface area contributed by atoms with Crippen LogP contribution in [0.25, 0.3) is 0 Å². The Morgan fingerprint density at radius 3 is 2.56 bits per heavy atom. The molecular weight excluding hydrogens is 318 g/mol. The van der Waals surface area contributed by atoms with Crippen LogP contribution in [-0.2, 0) is 9.53 Å². The molecule has 0 unspecified atom stereocenters. The quantitative estimate of drug-likeness (QED) is 0.831. The third-order valence-corrected chi connectivity index (χ3v) is 4.53. The number of hydrogen-bond donors (Lipinski definition) is 1. The molecule has 1 aliphatic rings. The maximum atomic E-state index is 12.4. The molecule has 1 aromatic carbocycles. The van der Waals surface area contributed by atoms with E-state index in [0.29, 0.717) is 18.4 Å². The highest BCUT2D eigenvalue weighted by Crippen LogP contribution is 2.27. The van der Waals surface area contributed by atoms with Gasteiger partial charge in [-0.25, -0.2) is 4.79 Å². The highest BCUT2D eigenvalue weighted by atomic mass is 16.5. The molecule has 1 saturated carbocycles. The molecule has 0 aromatic heterocycles. The van der Waals surface area contributed by atoms with Crippen LogP contribution in [0.1, 0.15) is 49.4 Å². The average molecular weight is 343 g/mol. The smallest absolute Gasteiger partial charge is 0.338 e. The normalized spacial score (nSPS) is 17.0. The number of carbonyl (C=O) groups is 2. The molecule has 6 nitrogen and oxygen atoms in total. The molecule has 0 heterocycles. The number of carbonyl (C=O) groups excluding carboxylic acids is 2. The molecule has 1 amide bonds. The Morgan fingerprint density at radius 2 is 1.96 bits per heavy atom. The van der Waals surface area contributed by atoms with Gasteiger partial charge in [-0.2, -0.15) is 5.26 Å². The van der Waals surface area contributed by atoms with Crippen LogP contribution in [0.2, 0.25) is 0 Å². The number of rotatable bonds is 5. The minimum absolute atomic E-state index is 0.388. The molecule has 1 N–H and O–H groups in total. The van der Waals surface area contributed by atoms with E-state index in [9.17, 15) is 14.9 Å². The van der Waals surface area contributed by atoms with Gasteiger partial charge >= 0.3 is 5.97 Å². The summed E-state index contributed by atoms with van der Waals surface area (Å²) in [4.78, 5) is 26.5. The third-order valence-electron chi connectivity index (χ3n) is 4.53. The fraction of sp³-hybridized carbons (Fsp3) is 0.526. The first kappa shape index (κ1) is 18.8. The summed E-state index contributed by atoms with van der Waals surface area (Å²) in [6, 6.07) is 9.24. The lowest BCUT2D eigenvalue weighted by Crippen LogP contribution is -2.52. The summed E-state index contributed by atoms with van der Waals surface area (Å²) in [5, 5.41) is 12.2. The zero-order valence-electron chi connectivity index (χ0n) is 15.0. The van der Waals surface area contributed by atoms with Crippen LogP contribution >= 0.6 is 0 Å². The summed E-state index contributed by atoms with van der Waals surface area (Å²) >= 11 is 0. The van der Waals surface area contributed by atoms with Gasteiger partial charge in [0.15, 0.2) is 6.10 Å². The van der Waals surface area contributed by atoms with Crippen LogP contribution in [0.15, 0.2) is 24.3 Å². The van der Waals surface area contributed by atoms with E-state index < -0.39 is 23.5 Å². The van der Waals surface area contributed by atoms with Gasteiger partial charge in [0.2, 0.25) is 0 Å². The molecule has 6 heteroatoms.